The third kappa shape index (κ3) is 3.10. The maximum absolute atomic E-state index is 15.1. The number of fused-ring (bicyclic) bond motifs is 1. The monoisotopic (exact) mass is 417 g/mol. The zero-order chi connectivity index (χ0) is 20.0. The number of halogens is 3. The van der Waals surface area contributed by atoms with Gasteiger partial charge in [-0.2, -0.15) is 5.10 Å². The smallest absolute Gasteiger partial charge is 0.166 e. The minimum atomic E-state index is -0.501. The van der Waals surface area contributed by atoms with Gasteiger partial charge in [-0.1, -0.05) is 42.6 Å². The number of rotatable bonds is 6. The second kappa shape index (κ2) is 7.26. The first-order valence-corrected chi connectivity index (χ1v) is 10.0. The van der Waals surface area contributed by atoms with Gasteiger partial charge in [-0.3, -0.25) is 5.10 Å². The molecule has 0 spiro atoms. The quantitative estimate of drug-likeness (QED) is 0.344. The van der Waals surface area contributed by atoms with Crippen molar-refractivity contribution in [2.75, 3.05) is 0 Å². The highest BCUT2D eigenvalue weighted by Gasteiger charge is 2.34. The van der Waals surface area contributed by atoms with Gasteiger partial charge in [0.2, 0.25) is 0 Å². The van der Waals surface area contributed by atoms with Crippen molar-refractivity contribution in [3.63, 3.8) is 0 Å². The van der Waals surface area contributed by atoms with E-state index < -0.39 is 11.6 Å². The van der Waals surface area contributed by atoms with Crippen LogP contribution in [0.3, 0.4) is 0 Å². The van der Waals surface area contributed by atoms with Gasteiger partial charge < -0.3 is 4.57 Å². The van der Waals surface area contributed by atoms with Gasteiger partial charge in [0.1, 0.15) is 5.83 Å². The third-order valence-corrected chi connectivity index (χ3v) is 6.20. The van der Waals surface area contributed by atoms with E-state index in [1.807, 2.05) is 4.57 Å². The number of nitrogens with zero attached hydrogens (tertiary/aromatic N) is 2. The Morgan fingerprint density at radius 1 is 1.43 bits per heavy atom. The zero-order valence-electron chi connectivity index (χ0n) is 15.2. The maximum atomic E-state index is 15.1. The summed E-state index contributed by atoms with van der Waals surface area (Å²) < 4.78 is 31.6. The molecule has 1 saturated carbocycles. The Morgan fingerprint density at radius 2 is 2.18 bits per heavy atom. The summed E-state index contributed by atoms with van der Waals surface area (Å²) in [6.07, 6.45) is 6.80. The standard InChI is InChI=1S/C21H18ClF2N3S/c1-4-16(17(23)11(2)3)28-21-14-7-8-15(22)18(24)20(14)27(13-9-25-26-10-13)19(21)12-5-6-12/h4,7-10,12H,1-2,5-6H2,3H3,(H,25,26). The van der Waals surface area contributed by atoms with Crippen molar-refractivity contribution in [2.24, 2.45) is 0 Å². The molecular weight excluding hydrogens is 400 g/mol. The molecule has 1 aliphatic rings. The molecule has 0 saturated heterocycles. The zero-order valence-corrected chi connectivity index (χ0v) is 16.8. The summed E-state index contributed by atoms with van der Waals surface area (Å²) >= 11 is 7.33. The largest absolute Gasteiger partial charge is 0.306 e. The Morgan fingerprint density at radius 3 is 2.75 bits per heavy atom. The highest BCUT2D eigenvalue weighted by Crippen LogP contribution is 2.51. The molecule has 4 rings (SSSR count). The molecule has 1 aromatic carbocycles. The van der Waals surface area contributed by atoms with Crippen LogP contribution in [-0.4, -0.2) is 14.8 Å². The predicted molar refractivity (Wildman–Crippen MR) is 111 cm³/mol. The van der Waals surface area contributed by atoms with Crippen molar-refractivity contribution >= 4 is 34.3 Å². The second-order valence-corrected chi connectivity index (χ2v) is 8.26. The molecule has 3 aromatic rings. The molecule has 2 heterocycles. The summed E-state index contributed by atoms with van der Waals surface area (Å²) in [4.78, 5) is 1.16. The van der Waals surface area contributed by atoms with Crippen molar-refractivity contribution in [2.45, 2.75) is 30.6 Å². The SMILES string of the molecule is C=CC(Sc1c(C2CC2)n(-c2cn[nH]c2)c2c(F)c(Cl)ccc12)=C(F)C(=C)C. The molecular formula is C21H18ClF2N3S. The Kier molecular flexibility index (Phi) is 4.93. The van der Waals surface area contributed by atoms with E-state index >= 15 is 4.39 Å². The van der Waals surface area contributed by atoms with Gasteiger partial charge >= 0.3 is 0 Å². The van der Waals surface area contributed by atoms with Crippen molar-refractivity contribution in [3.05, 3.63) is 76.6 Å². The van der Waals surface area contributed by atoms with Gasteiger partial charge in [0.25, 0.3) is 0 Å². The van der Waals surface area contributed by atoms with Crippen molar-refractivity contribution in [1.29, 1.82) is 0 Å². The van der Waals surface area contributed by atoms with E-state index in [1.165, 1.54) is 23.9 Å². The molecule has 0 bridgehead atoms. The van der Waals surface area contributed by atoms with E-state index in [4.69, 9.17) is 11.6 Å². The van der Waals surface area contributed by atoms with Crippen LogP contribution in [0.15, 0.2) is 65.0 Å². The number of hydrogen-bond acceptors (Lipinski definition) is 2. The number of nitrogens with one attached hydrogen (secondary N) is 1. The summed E-state index contributed by atoms with van der Waals surface area (Å²) in [5, 5.41) is 7.52. The maximum Gasteiger partial charge on any atom is 0.166 e. The molecule has 0 radical (unpaired) electrons. The average Bonchev–Trinajstić information content (AvgIpc) is 3.26. The van der Waals surface area contributed by atoms with Gasteiger partial charge in [0.15, 0.2) is 5.82 Å². The molecule has 2 aromatic heterocycles. The molecule has 28 heavy (non-hydrogen) atoms. The van der Waals surface area contributed by atoms with Crippen molar-refractivity contribution in [1.82, 2.24) is 14.8 Å². The van der Waals surface area contributed by atoms with E-state index in [1.54, 1.807) is 25.4 Å². The van der Waals surface area contributed by atoms with Gasteiger partial charge in [0.05, 0.1) is 22.4 Å². The number of aromatic nitrogens is 3. The van der Waals surface area contributed by atoms with Crippen LogP contribution in [0.1, 0.15) is 31.4 Å². The average molecular weight is 418 g/mol. The third-order valence-electron chi connectivity index (χ3n) is 4.71. The van der Waals surface area contributed by atoms with Crippen LogP contribution in [0, 0.1) is 5.82 Å². The van der Waals surface area contributed by atoms with Crippen LogP contribution in [0.4, 0.5) is 8.78 Å². The summed E-state index contributed by atoms with van der Waals surface area (Å²) in [6.45, 7) is 9.03. The number of hydrogen-bond donors (Lipinski definition) is 1. The van der Waals surface area contributed by atoms with Crippen LogP contribution in [0.5, 0.6) is 0 Å². The topological polar surface area (TPSA) is 33.6 Å². The van der Waals surface area contributed by atoms with Crippen LogP contribution in [0.2, 0.25) is 5.02 Å². The minimum absolute atomic E-state index is 0.0428. The van der Waals surface area contributed by atoms with E-state index in [0.717, 1.165) is 23.4 Å². The Hall–Kier alpha value is -2.31. The summed E-state index contributed by atoms with van der Waals surface area (Å²) in [5.74, 6) is -0.652. The normalized spacial score (nSPS) is 15.0. The van der Waals surface area contributed by atoms with Crippen molar-refractivity contribution in [3.8, 4) is 5.69 Å². The predicted octanol–water partition coefficient (Wildman–Crippen LogP) is 7.06. The first kappa shape index (κ1) is 19.0. The number of benzene rings is 1. The number of H-pyrrole nitrogens is 1. The molecule has 144 valence electrons. The Labute approximate surface area is 170 Å². The number of allylic oxidation sites excluding steroid dienone is 3. The highest BCUT2D eigenvalue weighted by molar-refractivity contribution is 8.03. The summed E-state index contributed by atoms with van der Waals surface area (Å²) in [7, 11) is 0. The van der Waals surface area contributed by atoms with E-state index in [0.29, 0.717) is 27.1 Å². The fourth-order valence-electron chi connectivity index (χ4n) is 3.26. The lowest BCUT2D eigenvalue weighted by Gasteiger charge is -2.10. The minimum Gasteiger partial charge on any atom is -0.306 e. The van der Waals surface area contributed by atoms with Gasteiger partial charge in [0, 0.05) is 33.0 Å². The Bertz CT molecular complexity index is 1120. The fraction of sp³-hybridized carbons (Fsp3) is 0.190. The lowest BCUT2D eigenvalue weighted by atomic mass is 10.2. The van der Waals surface area contributed by atoms with E-state index in [-0.39, 0.29) is 10.9 Å². The molecule has 7 heteroatoms. The molecule has 0 aliphatic heterocycles. The second-order valence-electron chi connectivity index (χ2n) is 6.80. The summed E-state index contributed by atoms with van der Waals surface area (Å²) in [6, 6.07) is 3.32. The molecule has 0 atom stereocenters. The number of aromatic amines is 1. The van der Waals surface area contributed by atoms with Gasteiger partial charge in [-0.25, -0.2) is 8.78 Å². The van der Waals surface area contributed by atoms with E-state index in [9.17, 15) is 4.39 Å². The first-order chi connectivity index (χ1) is 13.4. The fourth-order valence-corrected chi connectivity index (χ4v) is 4.62. The van der Waals surface area contributed by atoms with Gasteiger partial charge in [-0.15, -0.1) is 0 Å². The molecule has 1 N–H and O–H groups in total. The molecule has 1 aliphatic carbocycles. The highest BCUT2D eigenvalue weighted by atomic mass is 35.5. The Balaban J connectivity index is 2.05. The van der Waals surface area contributed by atoms with Crippen LogP contribution < -0.4 is 0 Å². The lowest BCUT2D eigenvalue weighted by molar-refractivity contribution is 0.634. The summed E-state index contributed by atoms with van der Waals surface area (Å²) in [5.41, 5.74) is 2.35. The number of thioether (sulfide) groups is 1. The van der Waals surface area contributed by atoms with Crippen LogP contribution in [-0.2, 0) is 0 Å². The molecule has 3 nitrogen and oxygen atoms in total. The van der Waals surface area contributed by atoms with Gasteiger partial charge in [-0.05, 0) is 37.5 Å². The lowest BCUT2D eigenvalue weighted by Crippen LogP contribution is -2.00. The van der Waals surface area contributed by atoms with Crippen LogP contribution >= 0.6 is 23.4 Å². The first-order valence-electron chi connectivity index (χ1n) is 8.81. The van der Waals surface area contributed by atoms with Crippen molar-refractivity contribution < 1.29 is 8.78 Å². The molecule has 0 unspecified atom stereocenters. The van der Waals surface area contributed by atoms with Crippen LogP contribution in [0.25, 0.3) is 16.6 Å². The molecule has 1 fully saturated rings. The van der Waals surface area contributed by atoms with E-state index in [2.05, 4.69) is 23.4 Å². The molecule has 0 amide bonds.